The second-order valence-electron chi connectivity index (χ2n) is 6.48. The molecular formula is C18H20N2O3S2. The monoisotopic (exact) mass is 376 g/mol. The molecule has 2 aliphatic heterocycles. The van der Waals surface area contributed by atoms with Gasteiger partial charge in [0.2, 0.25) is 5.91 Å². The number of carbonyl (C=O) groups excluding carboxylic acids is 1. The number of rotatable bonds is 3. The first-order chi connectivity index (χ1) is 12.0. The third-order valence-electron chi connectivity index (χ3n) is 5.35. The van der Waals surface area contributed by atoms with Gasteiger partial charge in [0.05, 0.1) is 5.41 Å². The van der Waals surface area contributed by atoms with E-state index >= 15 is 0 Å². The number of hydrogen-bond acceptors (Lipinski definition) is 4. The predicted octanol–water partition coefficient (Wildman–Crippen LogP) is 2.84. The molecule has 1 aromatic heterocycles. The summed E-state index contributed by atoms with van der Waals surface area (Å²) < 4.78 is 27.4. The Morgan fingerprint density at radius 2 is 1.84 bits per heavy atom. The zero-order valence-corrected chi connectivity index (χ0v) is 15.6. The van der Waals surface area contributed by atoms with Gasteiger partial charge in [-0.3, -0.25) is 4.79 Å². The molecule has 0 saturated carbocycles. The molecule has 5 nitrogen and oxygen atoms in total. The van der Waals surface area contributed by atoms with Gasteiger partial charge >= 0.3 is 0 Å². The summed E-state index contributed by atoms with van der Waals surface area (Å²) in [5, 5.41) is 1.77. The number of para-hydroxylation sites is 1. The van der Waals surface area contributed by atoms with Crippen molar-refractivity contribution in [1.82, 2.24) is 4.31 Å². The molecule has 0 radical (unpaired) electrons. The number of carbonyl (C=O) groups is 1. The molecule has 0 unspecified atom stereocenters. The molecule has 0 aliphatic carbocycles. The molecule has 0 N–H and O–H groups in total. The van der Waals surface area contributed by atoms with Gasteiger partial charge in [-0.25, -0.2) is 8.42 Å². The summed E-state index contributed by atoms with van der Waals surface area (Å²) in [5.74, 6) is 0.115. The first kappa shape index (κ1) is 16.8. The Balaban J connectivity index is 1.65. The number of thiophene rings is 1. The summed E-state index contributed by atoms with van der Waals surface area (Å²) in [5.41, 5.74) is 1.45. The number of sulfonamides is 1. The minimum Gasteiger partial charge on any atom is -0.312 e. The van der Waals surface area contributed by atoms with Crippen molar-refractivity contribution < 1.29 is 13.2 Å². The topological polar surface area (TPSA) is 57.7 Å². The third-order valence-corrected chi connectivity index (χ3v) is 8.62. The highest BCUT2D eigenvalue weighted by Crippen LogP contribution is 2.48. The molecule has 4 rings (SSSR count). The SMILES string of the molecule is CCN1C(=O)C2(CCN(S(=O)(=O)c3cccs3)CC2)c2ccccc21. The summed E-state index contributed by atoms with van der Waals surface area (Å²) in [7, 11) is -3.45. The molecule has 1 fully saturated rings. The van der Waals surface area contributed by atoms with Gasteiger partial charge in [0.1, 0.15) is 4.21 Å². The van der Waals surface area contributed by atoms with Crippen LogP contribution in [0.2, 0.25) is 0 Å². The van der Waals surface area contributed by atoms with Crippen LogP contribution in [0.4, 0.5) is 5.69 Å². The lowest BCUT2D eigenvalue weighted by atomic mass is 9.74. The molecule has 25 heavy (non-hydrogen) atoms. The van der Waals surface area contributed by atoms with Crippen LogP contribution in [-0.4, -0.2) is 38.3 Å². The molecule has 3 heterocycles. The van der Waals surface area contributed by atoms with Crippen LogP contribution in [0.3, 0.4) is 0 Å². The van der Waals surface area contributed by atoms with Crippen LogP contribution in [-0.2, 0) is 20.2 Å². The number of nitrogens with zero attached hydrogens (tertiary/aromatic N) is 2. The van der Waals surface area contributed by atoms with Gasteiger partial charge in [-0.2, -0.15) is 4.31 Å². The minimum absolute atomic E-state index is 0.115. The first-order valence-electron chi connectivity index (χ1n) is 8.46. The van der Waals surface area contributed by atoms with Crippen LogP contribution < -0.4 is 4.90 Å². The quantitative estimate of drug-likeness (QED) is 0.828. The van der Waals surface area contributed by atoms with Gasteiger partial charge in [0, 0.05) is 25.3 Å². The van der Waals surface area contributed by atoms with Crippen molar-refractivity contribution in [1.29, 1.82) is 0 Å². The van der Waals surface area contributed by atoms with E-state index in [0.29, 0.717) is 36.7 Å². The largest absolute Gasteiger partial charge is 0.312 e. The second-order valence-corrected chi connectivity index (χ2v) is 9.60. The molecule has 0 bridgehead atoms. The number of piperidine rings is 1. The van der Waals surface area contributed by atoms with Crippen LogP contribution in [0.1, 0.15) is 25.3 Å². The fourth-order valence-corrected chi connectivity index (χ4v) is 6.63. The average molecular weight is 377 g/mol. The summed E-state index contributed by atoms with van der Waals surface area (Å²) >= 11 is 1.24. The maximum atomic E-state index is 13.1. The highest BCUT2D eigenvalue weighted by molar-refractivity contribution is 7.91. The number of anilines is 1. The van der Waals surface area contributed by atoms with Gasteiger partial charge in [-0.1, -0.05) is 24.3 Å². The van der Waals surface area contributed by atoms with Crippen molar-refractivity contribution in [2.24, 2.45) is 0 Å². The molecular weight excluding hydrogens is 356 g/mol. The van der Waals surface area contributed by atoms with Crippen molar-refractivity contribution in [3.8, 4) is 0 Å². The van der Waals surface area contributed by atoms with Crippen LogP contribution in [0, 0.1) is 0 Å². The van der Waals surface area contributed by atoms with E-state index in [2.05, 4.69) is 0 Å². The fraction of sp³-hybridized carbons (Fsp3) is 0.389. The maximum absolute atomic E-state index is 13.1. The van der Waals surface area contributed by atoms with Crippen LogP contribution in [0.15, 0.2) is 46.0 Å². The Bertz CT molecular complexity index is 898. The zero-order valence-electron chi connectivity index (χ0n) is 14.0. The Morgan fingerprint density at radius 3 is 2.48 bits per heavy atom. The van der Waals surface area contributed by atoms with Gasteiger partial charge in [-0.05, 0) is 42.8 Å². The van der Waals surface area contributed by atoms with Crippen molar-refractivity contribution in [3.63, 3.8) is 0 Å². The highest BCUT2D eigenvalue weighted by atomic mass is 32.2. The molecule has 7 heteroatoms. The molecule has 1 saturated heterocycles. The van der Waals surface area contributed by atoms with E-state index in [1.165, 1.54) is 15.6 Å². The Kier molecular flexibility index (Phi) is 3.97. The summed E-state index contributed by atoms with van der Waals surface area (Å²) in [6, 6.07) is 11.3. The Labute approximate surface area is 151 Å². The van der Waals surface area contributed by atoms with Gasteiger partial charge < -0.3 is 4.90 Å². The number of fused-ring (bicyclic) bond motifs is 2. The van der Waals surface area contributed by atoms with Crippen molar-refractivity contribution in [2.45, 2.75) is 29.4 Å². The molecule has 0 atom stereocenters. The zero-order chi connectivity index (χ0) is 17.7. The van der Waals surface area contributed by atoms with E-state index in [1.54, 1.807) is 17.5 Å². The van der Waals surface area contributed by atoms with Crippen LogP contribution in [0.25, 0.3) is 0 Å². The average Bonchev–Trinajstić information content (AvgIpc) is 3.24. The Hall–Kier alpha value is -1.70. The van der Waals surface area contributed by atoms with Crippen molar-refractivity contribution in [2.75, 3.05) is 24.5 Å². The molecule has 2 aromatic rings. The van der Waals surface area contributed by atoms with Gasteiger partial charge in [0.25, 0.3) is 10.0 Å². The number of likely N-dealkylation sites (N-methyl/N-ethyl adjacent to an activating group) is 1. The Morgan fingerprint density at radius 1 is 1.12 bits per heavy atom. The lowest BCUT2D eigenvalue weighted by molar-refractivity contribution is -0.124. The summed E-state index contributed by atoms with van der Waals surface area (Å²) in [4.78, 5) is 14.9. The summed E-state index contributed by atoms with van der Waals surface area (Å²) in [6.07, 6.45) is 1.06. The molecule has 1 amide bonds. The van der Waals surface area contributed by atoms with Crippen molar-refractivity contribution >= 4 is 33.0 Å². The molecule has 132 valence electrons. The second kappa shape index (κ2) is 5.93. The first-order valence-corrected chi connectivity index (χ1v) is 10.8. The standard InChI is InChI=1S/C18H20N2O3S2/c1-2-20-15-7-4-3-6-14(15)18(17(20)21)9-11-19(12-10-18)25(22,23)16-8-5-13-24-16/h3-8,13H,2,9-12H2,1H3. The molecule has 1 aromatic carbocycles. The lowest BCUT2D eigenvalue weighted by Gasteiger charge is -2.37. The normalized spacial score (nSPS) is 20.2. The van der Waals surface area contributed by atoms with Gasteiger partial charge in [0.15, 0.2) is 0 Å². The third kappa shape index (κ3) is 2.37. The van der Waals surface area contributed by atoms with Crippen LogP contribution in [0.5, 0.6) is 0 Å². The smallest absolute Gasteiger partial charge is 0.252 e. The maximum Gasteiger partial charge on any atom is 0.252 e. The fourth-order valence-electron chi connectivity index (χ4n) is 4.04. The predicted molar refractivity (Wildman–Crippen MR) is 98.5 cm³/mol. The van der Waals surface area contributed by atoms with E-state index in [9.17, 15) is 13.2 Å². The van der Waals surface area contributed by atoms with E-state index in [0.717, 1.165) is 11.3 Å². The van der Waals surface area contributed by atoms with E-state index in [4.69, 9.17) is 0 Å². The van der Waals surface area contributed by atoms with E-state index < -0.39 is 15.4 Å². The number of hydrogen-bond donors (Lipinski definition) is 0. The van der Waals surface area contributed by atoms with E-state index in [1.807, 2.05) is 36.1 Å². The minimum atomic E-state index is -3.45. The highest BCUT2D eigenvalue weighted by Gasteiger charge is 2.52. The van der Waals surface area contributed by atoms with Crippen LogP contribution >= 0.6 is 11.3 Å². The molecule has 2 aliphatic rings. The summed E-state index contributed by atoms with van der Waals surface area (Å²) in [6.45, 7) is 3.36. The van der Waals surface area contributed by atoms with E-state index in [-0.39, 0.29) is 5.91 Å². The number of benzene rings is 1. The number of amides is 1. The molecule has 1 spiro atoms. The van der Waals surface area contributed by atoms with Crippen molar-refractivity contribution in [3.05, 3.63) is 47.3 Å². The lowest BCUT2D eigenvalue weighted by Crippen LogP contribution is -2.50. The van der Waals surface area contributed by atoms with Gasteiger partial charge in [-0.15, -0.1) is 11.3 Å².